The highest BCUT2D eigenvalue weighted by molar-refractivity contribution is 14.0. The zero-order valence-electron chi connectivity index (χ0n) is 17.6. The van der Waals surface area contributed by atoms with Gasteiger partial charge in [0, 0.05) is 43.7 Å². The Morgan fingerprint density at radius 2 is 2.18 bits per heavy atom. The molecule has 9 heteroatoms. The van der Waals surface area contributed by atoms with E-state index in [1.54, 1.807) is 11.3 Å². The maximum absolute atomic E-state index is 12.0. The maximum Gasteiger partial charge on any atom is 0.407 e. The molecule has 160 valence electrons. The molecule has 2 heterocycles. The molecule has 1 fully saturated rings. The molecule has 2 rings (SSSR count). The van der Waals surface area contributed by atoms with Crippen LogP contribution in [0.15, 0.2) is 11.2 Å². The Kier molecular flexibility index (Phi) is 10.5. The molecule has 1 aromatic heterocycles. The molecule has 0 radical (unpaired) electrons. The number of aryl methyl sites for hydroxylation is 1. The first-order valence-electron chi connectivity index (χ1n) is 9.77. The van der Waals surface area contributed by atoms with Crippen LogP contribution in [0.25, 0.3) is 0 Å². The third kappa shape index (κ3) is 8.50. The molecule has 2 N–H and O–H groups in total. The lowest BCUT2D eigenvalue weighted by Gasteiger charge is -2.23. The molecule has 7 nitrogen and oxygen atoms in total. The number of likely N-dealkylation sites (tertiary alicyclic amines) is 1. The molecule has 1 amide bonds. The molecular weight excluding hydrogens is 489 g/mol. The summed E-state index contributed by atoms with van der Waals surface area (Å²) in [4.78, 5) is 24.7. The van der Waals surface area contributed by atoms with Gasteiger partial charge in [0.2, 0.25) is 0 Å². The van der Waals surface area contributed by atoms with E-state index in [0.717, 1.165) is 49.9 Å². The fraction of sp³-hybridized carbons (Fsp3) is 0.737. The van der Waals surface area contributed by atoms with Crippen molar-refractivity contribution in [3.05, 3.63) is 16.1 Å². The highest BCUT2D eigenvalue weighted by Crippen LogP contribution is 2.15. The van der Waals surface area contributed by atoms with E-state index in [9.17, 15) is 4.79 Å². The van der Waals surface area contributed by atoms with E-state index in [1.807, 2.05) is 27.0 Å². The Hall–Kier alpha value is -1.10. The number of rotatable bonds is 6. The number of nitrogens with zero attached hydrogens (tertiary/aromatic N) is 3. The van der Waals surface area contributed by atoms with Crippen molar-refractivity contribution in [2.24, 2.45) is 4.99 Å². The van der Waals surface area contributed by atoms with Crippen LogP contribution in [0.1, 0.15) is 50.9 Å². The largest absolute Gasteiger partial charge is 0.444 e. The summed E-state index contributed by atoms with van der Waals surface area (Å²) in [5.41, 5.74) is -0.480. The number of aromatic nitrogens is 1. The highest BCUT2D eigenvalue weighted by atomic mass is 127. The average Bonchev–Trinajstić information content (AvgIpc) is 3.21. The molecule has 0 saturated carbocycles. The van der Waals surface area contributed by atoms with E-state index >= 15 is 0 Å². The van der Waals surface area contributed by atoms with Gasteiger partial charge in [-0.15, -0.1) is 35.3 Å². The second-order valence-corrected chi connectivity index (χ2v) is 8.84. The predicted molar refractivity (Wildman–Crippen MR) is 126 cm³/mol. The smallest absolute Gasteiger partial charge is 0.407 e. The standard InChI is InChI=1S/C19H33N5O2S.HI/c1-6-15-12-22-16(27-15)8-10-21-17(20-7-2)24-11-9-14(13-24)23-18(25)26-19(3,4)5;/h12,14H,6-11,13H2,1-5H3,(H,20,21)(H,23,25);1H. The van der Waals surface area contributed by atoms with Crippen LogP contribution in [-0.4, -0.2) is 59.8 Å². The molecule has 1 aliphatic rings. The van der Waals surface area contributed by atoms with Gasteiger partial charge in [-0.25, -0.2) is 9.78 Å². The van der Waals surface area contributed by atoms with Gasteiger partial charge < -0.3 is 20.3 Å². The predicted octanol–water partition coefficient (Wildman–Crippen LogP) is 3.43. The Labute approximate surface area is 189 Å². The van der Waals surface area contributed by atoms with Crippen molar-refractivity contribution in [2.45, 2.75) is 65.5 Å². The number of halogens is 1. The van der Waals surface area contributed by atoms with E-state index in [4.69, 9.17) is 9.73 Å². The van der Waals surface area contributed by atoms with Gasteiger partial charge in [0.05, 0.1) is 11.0 Å². The first kappa shape index (κ1) is 24.9. The van der Waals surface area contributed by atoms with Crippen molar-refractivity contribution < 1.29 is 9.53 Å². The van der Waals surface area contributed by atoms with Gasteiger partial charge in [0.15, 0.2) is 5.96 Å². The Morgan fingerprint density at radius 3 is 2.79 bits per heavy atom. The Morgan fingerprint density at radius 1 is 1.43 bits per heavy atom. The zero-order chi connectivity index (χ0) is 19.9. The molecule has 0 bridgehead atoms. The molecule has 1 saturated heterocycles. The second kappa shape index (κ2) is 11.8. The number of carbonyl (C=O) groups excluding carboxylic acids is 1. The second-order valence-electron chi connectivity index (χ2n) is 7.64. The van der Waals surface area contributed by atoms with Crippen LogP contribution in [0.3, 0.4) is 0 Å². The number of hydrogen-bond acceptors (Lipinski definition) is 5. The van der Waals surface area contributed by atoms with E-state index in [1.165, 1.54) is 4.88 Å². The summed E-state index contributed by atoms with van der Waals surface area (Å²) in [5.74, 6) is 0.901. The number of nitrogens with one attached hydrogen (secondary N) is 2. The van der Waals surface area contributed by atoms with Crippen molar-refractivity contribution in [3.63, 3.8) is 0 Å². The molecule has 1 aliphatic heterocycles. The van der Waals surface area contributed by atoms with E-state index < -0.39 is 5.60 Å². The summed E-state index contributed by atoms with van der Waals surface area (Å²) in [6, 6.07) is 0.0785. The van der Waals surface area contributed by atoms with Crippen LogP contribution < -0.4 is 10.6 Å². The normalized spacial score (nSPS) is 17.2. The van der Waals surface area contributed by atoms with E-state index in [2.05, 4.69) is 34.4 Å². The number of guanidine groups is 1. The quantitative estimate of drug-likeness (QED) is 0.340. The first-order chi connectivity index (χ1) is 12.8. The lowest BCUT2D eigenvalue weighted by molar-refractivity contribution is 0.0507. The van der Waals surface area contributed by atoms with Crippen molar-refractivity contribution in [3.8, 4) is 0 Å². The minimum atomic E-state index is -0.480. The van der Waals surface area contributed by atoms with E-state index in [0.29, 0.717) is 6.54 Å². The molecule has 0 aromatic carbocycles. The van der Waals surface area contributed by atoms with Crippen molar-refractivity contribution in [1.82, 2.24) is 20.5 Å². The summed E-state index contributed by atoms with van der Waals surface area (Å²) in [5, 5.41) is 7.45. The van der Waals surface area contributed by atoms with Crippen LogP contribution in [0, 0.1) is 0 Å². The summed E-state index contributed by atoms with van der Waals surface area (Å²) in [6.07, 6.45) is 4.38. The van der Waals surface area contributed by atoms with Crippen LogP contribution >= 0.6 is 35.3 Å². The van der Waals surface area contributed by atoms with Crippen molar-refractivity contribution >= 4 is 47.4 Å². The van der Waals surface area contributed by atoms with Gasteiger partial charge in [-0.05, 0) is 40.5 Å². The van der Waals surface area contributed by atoms with Gasteiger partial charge in [0.25, 0.3) is 0 Å². The summed E-state index contributed by atoms with van der Waals surface area (Å²) < 4.78 is 5.35. The number of hydrogen-bond donors (Lipinski definition) is 2. The molecule has 0 aliphatic carbocycles. The van der Waals surface area contributed by atoms with Crippen LogP contribution in [0.5, 0.6) is 0 Å². The summed E-state index contributed by atoms with van der Waals surface area (Å²) in [6.45, 7) is 13.0. The van der Waals surface area contributed by atoms with Gasteiger partial charge in [0.1, 0.15) is 5.60 Å². The third-order valence-electron chi connectivity index (χ3n) is 4.08. The number of amides is 1. The lowest BCUT2D eigenvalue weighted by atomic mass is 10.2. The summed E-state index contributed by atoms with van der Waals surface area (Å²) in [7, 11) is 0. The molecule has 1 unspecified atom stereocenters. The molecule has 28 heavy (non-hydrogen) atoms. The monoisotopic (exact) mass is 523 g/mol. The topological polar surface area (TPSA) is 78.9 Å². The van der Waals surface area contributed by atoms with Gasteiger partial charge in [-0.2, -0.15) is 0 Å². The minimum absolute atomic E-state index is 0. The summed E-state index contributed by atoms with van der Waals surface area (Å²) >= 11 is 1.77. The number of ether oxygens (including phenoxy) is 1. The van der Waals surface area contributed by atoms with Gasteiger partial charge >= 0.3 is 6.09 Å². The third-order valence-corrected chi connectivity index (χ3v) is 5.28. The first-order valence-corrected chi connectivity index (χ1v) is 10.6. The van der Waals surface area contributed by atoms with E-state index in [-0.39, 0.29) is 36.1 Å². The molecule has 1 atom stereocenters. The fourth-order valence-electron chi connectivity index (χ4n) is 2.86. The lowest BCUT2D eigenvalue weighted by Crippen LogP contribution is -2.44. The van der Waals surface area contributed by atoms with Gasteiger partial charge in [-0.1, -0.05) is 6.92 Å². The number of carbonyl (C=O) groups is 1. The highest BCUT2D eigenvalue weighted by Gasteiger charge is 2.27. The maximum atomic E-state index is 12.0. The molecule has 1 aromatic rings. The van der Waals surface area contributed by atoms with Crippen LogP contribution in [0.4, 0.5) is 4.79 Å². The molecular formula is C19H34IN5O2S. The zero-order valence-corrected chi connectivity index (χ0v) is 20.7. The Bertz CT molecular complexity index is 645. The number of alkyl carbamates (subject to hydrolysis) is 1. The molecule has 0 spiro atoms. The minimum Gasteiger partial charge on any atom is -0.444 e. The van der Waals surface area contributed by atoms with Crippen molar-refractivity contribution in [1.29, 1.82) is 0 Å². The van der Waals surface area contributed by atoms with Crippen LogP contribution in [-0.2, 0) is 17.6 Å². The average molecular weight is 523 g/mol. The van der Waals surface area contributed by atoms with Crippen LogP contribution in [0.2, 0.25) is 0 Å². The SMILES string of the molecule is CCNC(=NCCc1ncc(CC)s1)N1CCC(NC(=O)OC(C)(C)C)C1.I. The van der Waals surface area contributed by atoms with Crippen molar-refractivity contribution in [2.75, 3.05) is 26.2 Å². The fourth-order valence-corrected chi connectivity index (χ4v) is 3.71. The number of thiazole rings is 1. The Balaban J connectivity index is 0.00000392. The van der Waals surface area contributed by atoms with Gasteiger partial charge in [-0.3, -0.25) is 4.99 Å². The number of aliphatic imine (C=N–C) groups is 1.